The van der Waals surface area contributed by atoms with Gasteiger partial charge in [0.05, 0.1) is 18.8 Å². The second kappa shape index (κ2) is 3.14. The van der Waals surface area contributed by atoms with Crippen molar-refractivity contribution in [1.29, 1.82) is 0 Å². The summed E-state index contributed by atoms with van der Waals surface area (Å²) in [7, 11) is 1.56. The third kappa shape index (κ3) is 1.53. The number of nitrogens with zero attached hydrogens (tertiary/aromatic N) is 3. The molecule has 0 N–H and O–H groups in total. The van der Waals surface area contributed by atoms with Crippen LogP contribution in [0, 0.1) is 0 Å². The summed E-state index contributed by atoms with van der Waals surface area (Å²) < 4.78 is 4.95. The number of methoxy groups -OCH3 is 1. The first kappa shape index (κ1) is 8.19. The predicted molar refractivity (Wildman–Crippen MR) is 48.9 cm³/mol. The van der Waals surface area contributed by atoms with E-state index in [2.05, 4.69) is 15.0 Å². The summed E-state index contributed by atoms with van der Waals surface area (Å²) in [6.45, 7) is 0. The van der Waals surface area contributed by atoms with Crippen LogP contribution in [0.2, 0.25) is 5.28 Å². The lowest BCUT2D eigenvalue weighted by Crippen LogP contribution is -1.89. The van der Waals surface area contributed by atoms with Crippen LogP contribution in [0.15, 0.2) is 18.5 Å². The van der Waals surface area contributed by atoms with Crippen LogP contribution in [0.5, 0.6) is 5.88 Å². The van der Waals surface area contributed by atoms with Crippen LogP contribution in [-0.2, 0) is 0 Å². The van der Waals surface area contributed by atoms with E-state index in [1.165, 1.54) is 0 Å². The summed E-state index contributed by atoms with van der Waals surface area (Å²) in [6.07, 6.45) is 3.23. The third-order valence-electron chi connectivity index (χ3n) is 1.62. The van der Waals surface area contributed by atoms with E-state index >= 15 is 0 Å². The Balaban J connectivity index is 2.66. The van der Waals surface area contributed by atoms with E-state index in [9.17, 15) is 0 Å². The summed E-state index contributed by atoms with van der Waals surface area (Å²) >= 11 is 5.61. The van der Waals surface area contributed by atoms with Gasteiger partial charge in [0.15, 0.2) is 0 Å². The first-order valence-electron chi connectivity index (χ1n) is 3.62. The van der Waals surface area contributed by atoms with Gasteiger partial charge in [0.1, 0.15) is 0 Å². The largest absolute Gasteiger partial charge is 0.481 e. The fourth-order valence-corrected chi connectivity index (χ4v) is 1.14. The molecular weight excluding hydrogens is 190 g/mol. The van der Waals surface area contributed by atoms with Crippen LogP contribution in [0.25, 0.3) is 10.9 Å². The Labute approximate surface area is 79.6 Å². The van der Waals surface area contributed by atoms with Gasteiger partial charge < -0.3 is 4.74 Å². The second-order valence-electron chi connectivity index (χ2n) is 2.42. The van der Waals surface area contributed by atoms with Crippen LogP contribution in [0.4, 0.5) is 0 Å². The van der Waals surface area contributed by atoms with Gasteiger partial charge in [0.25, 0.3) is 0 Å². The van der Waals surface area contributed by atoms with Gasteiger partial charge in [-0.2, -0.15) is 0 Å². The van der Waals surface area contributed by atoms with Gasteiger partial charge in [0.2, 0.25) is 11.2 Å². The Kier molecular flexibility index (Phi) is 1.98. The molecule has 0 saturated heterocycles. The van der Waals surface area contributed by atoms with Crippen molar-refractivity contribution < 1.29 is 4.74 Å². The molecule has 0 bridgehead atoms. The highest BCUT2D eigenvalue weighted by molar-refractivity contribution is 6.28. The number of rotatable bonds is 1. The summed E-state index contributed by atoms with van der Waals surface area (Å²) in [5.74, 6) is 0.540. The number of fused-ring (bicyclic) bond motifs is 1. The Bertz CT molecular complexity index is 446. The molecule has 66 valence electrons. The van der Waals surface area contributed by atoms with Gasteiger partial charge in [-0.25, -0.2) is 15.0 Å². The molecule has 0 amide bonds. The lowest BCUT2D eigenvalue weighted by molar-refractivity contribution is 0.398. The lowest BCUT2D eigenvalue weighted by Gasteiger charge is -1.99. The van der Waals surface area contributed by atoms with Crippen molar-refractivity contribution in [2.45, 2.75) is 0 Å². The van der Waals surface area contributed by atoms with Crippen molar-refractivity contribution >= 4 is 22.5 Å². The van der Waals surface area contributed by atoms with Crippen LogP contribution < -0.4 is 4.74 Å². The highest BCUT2D eigenvalue weighted by atomic mass is 35.5. The molecule has 5 heteroatoms. The third-order valence-corrected chi connectivity index (χ3v) is 1.80. The molecule has 0 aromatic carbocycles. The lowest BCUT2D eigenvalue weighted by atomic mass is 10.3. The predicted octanol–water partition coefficient (Wildman–Crippen LogP) is 1.69. The monoisotopic (exact) mass is 195 g/mol. The molecule has 0 atom stereocenters. The van der Waals surface area contributed by atoms with E-state index in [-0.39, 0.29) is 5.28 Å². The molecule has 0 saturated carbocycles. The maximum Gasteiger partial charge on any atom is 0.222 e. The maximum atomic E-state index is 5.61. The van der Waals surface area contributed by atoms with E-state index in [4.69, 9.17) is 16.3 Å². The Morgan fingerprint density at radius 3 is 2.92 bits per heavy atom. The quantitative estimate of drug-likeness (QED) is 0.650. The topological polar surface area (TPSA) is 47.9 Å². The highest BCUT2D eigenvalue weighted by Crippen LogP contribution is 2.16. The van der Waals surface area contributed by atoms with Crippen LogP contribution in [-0.4, -0.2) is 22.1 Å². The minimum atomic E-state index is 0.222. The number of hydrogen-bond donors (Lipinski definition) is 0. The van der Waals surface area contributed by atoms with Crippen molar-refractivity contribution in [1.82, 2.24) is 15.0 Å². The van der Waals surface area contributed by atoms with E-state index in [0.29, 0.717) is 11.4 Å². The van der Waals surface area contributed by atoms with Crippen LogP contribution in [0.1, 0.15) is 0 Å². The summed E-state index contributed by atoms with van der Waals surface area (Å²) in [5.41, 5.74) is 0.709. The van der Waals surface area contributed by atoms with Crippen LogP contribution >= 0.6 is 11.6 Å². The van der Waals surface area contributed by atoms with Crippen molar-refractivity contribution in [2.24, 2.45) is 0 Å². The Hall–Kier alpha value is -1.42. The van der Waals surface area contributed by atoms with Gasteiger partial charge in [-0.15, -0.1) is 0 Å². The molecule has 13 heavy (non-hydrogen) atoms. The zero-order chi connectivity index (χ0) is 9.26. The van der Waals surface area contributed by atoms with Gasteiger partial charge in [0, 0.05) is 17.6 Å². The Morgan fingerprint density at radius 1 is 1.31 bits per heavy atom. The van der Waals surface area contributed by atoms with Crippen molar-refractivity contribution in [3.63, 3.8) is 0 Å². The Morgan fingerprint density at radius 2 is 2.15 bits per heavy atom. The highest BCUT2D eigenvalue weighted by Gasteiger charge is 1.99. The first-order valence-corrected chi connectivity index (χ1v) is 3.99. The molecule has 0 aliphatic heterocycles. The van der Waals surface area contributed by atoms with E-state index in [1.54, 1.807) is 25.6 Å². The fraction of sp³-hybridized carbons (Fsp3) is 0.125. The maximum absolute atomic E-state index is 5.61. The number of hydrogen-bond acceptors (Lipinski definition) is 4. The molecule has 0 unspecified atom stereocenters. The van der Waals surface area contributed by atoms with Gasteiger partial charge in [-0.1, -0.05) is 0 Å². The molecule has 0 fully saturated rings. The second-order valence-corrected chi connectivity index (χ2v) is 2.76. The molecule has 2 aromatic heterocycles. The summed E-state index contributed by atoms with van der Waals surface area (Å²) in [5, 5.41) is 1.08. The molecule has 0 radical (unpaired) electrons. The number of halogens is 1. The minimum Gasteiger partial charge on any atom is -0.481 e. The van der Waals surface area contributed by atoms with Gasteiger partial charge in [-0.05, 0) is 11.6 Å². The van der Waals surface area contributed by atoms with Crippen LogP contribution in [0.3, 0.4) is 0 Å². The van der Waals surface area contributed by atoms with Crippen molar-refractivity contribution in [2.75, 3.05) is 7.11 Å². The number of ether oxygens (including phenoxy) is 1. The molecule has 2 heterocycles. The van der Waals surface area contributed by atoms with E-state index < -0.39 is 0 Å². The zero-order valence-electron chi connectivity index (χ0n) is 6.86. The smallest absolute Gasteiger partial charge is 0.222 e. The molecular formula is C8H6ClN3O. The molecule has 0 aliphatic rings. The fourth-order valence-electron chi connectivity index (χ4n) is 1.00. The normalized spacial score (nSPS) is 10.3. The molecule has 2 rings (SSSR count). The average Bonchev–Trinajstić information content (AvgIpc) is 2.17. The summed E-state index contributed by atoms with van der Waals surface area (Å²) in [4.78, 5) is 11.8. The van der Waals surface area contributed by atoms with Crippen molar-refractivity contribution in [3.05, 3.63) is 23.7 Å². The SMILES string of the molecule is COc1cc2cnc(Cl)nc2cn1. The molecule has 2 aromatic rings. The summed E-state index contributed by atoms with van der Waals surface area (Å²) in [6, 6.07) is 1.76. The van der Waals surface area contributed by atoms with E-state index in [1.807, 2.05) is 0 Å². The van der Waals surface area contributed by atoms with Gasteiger partial charge >= 0.3 is 0 Å². The average molecular weight is 196 g/mol. The number of aromatic nitrogens is 3. The minimum absolute atomic E-state index is 0.222. The standard InChI is InChI=1S/C8H6ClN3O/c1-13-7-2-5-3-11-8(9)12-6(5)4-10-7/h2-4H,1H3. The molecule has 4 nitrogen and oxygen atoms in total. The number of pyridine rings is 1. The van der Waals surface area contributed by atoms with Crippen molar-refractivity contribution in [3.8, 4) is 5.88 Å². The molecule has 0 spiro atoms. The molecule has 0 aliphatic carbocycles. The zero-order valence-corrected chi connectivity index (χ0v) is 7.62. The first-order chi connectivity index (χ1) is 6.29. The van der Waals surface area contributed by atoms with Gasteiger partial charge in [-0.3, -0.25) is 0 Å². The van der Waals surface area contributed by atoms with E-state index in [0.717, 1.165) is 5.39 Å².